The predicted octanol–water partition coefficient (Wildman–Crippen LogP) is 1.42. The Morgan fingerprint density at radius 2 is 1.44 bits per heavy atom. The van der Waals surface area contributed by atoms with Crippen molar-refractivity contribution >= 4 is 18.0 Å². The smallest absolute Gasteiger partial charge is 0.345 e. The summed E-state index contributed by atoms with van der Waals surface area (Å²) in [6, 6.07) is 6.87. The summed E-state index contributed by atoms with van der Waals surface area (Å²) in [6.07, 6.45) is 1.40. The maximum absolute atomic E-state index is 11.4. The van der Waals surface area contributed by atoms with E-state index in [1.165, 1.54) is 20.3 Å². The van der Waals surface area contributed by atoms with Gasteiger partial charge in [0.2, 0.25) is 0 Å². The second-order valence-electron chi connectivity index (χ2n) is 3.31. The summed E-state index contributed by atoms with van der Waals surface area (Å²) >= 11 is 0. The summed E-state index contributed by atoms with van der Waals surface area (Å²) in [5.74, 6) is -0.792. The predicted molar refractivity (Wildman–Crippen MR) is 65.0 cm³/mol. The van der Waals surface area contributed by atoms with Gasteiger partial charge >= 0.3 is 11.9 Å². The number of ether oxygens (including phenoxy) is 3. The lowest BCUT2D eigenvalue weighted by molar-refractivity contribution is -0.143. The normalized spacial score (nSPS) is 9.28. The highest BCUT2D eigenvalue weighted by molar-refractivity contribution is 6.17. The molecular weight excluding hydrogens is 236 g/mol. The topological polar surface area (TPSA) is 61.8 Å². The minimum absolute atomic E-state index is 0.162. The average Bonchev–Trinajstić information content (AvgIpc) is 2.43. The molecular formula is C13H14O5. The number of rotatable bonds is 4. The molecule has 0 aliphatic carbocycles. The van der Waals surface area contributed by atoms with Crippen molar-refractivity contribution in [2.45, 2.75) is 0 Å². The molecule has 0 saturated heterocycles. The Bertz CT molecular complexity index is 441. The molecule has 1 aromatic rings. The molecule has 0 aliphatic rings. The third-order valence-electron chi connectivity index (χ3n) is 2.24. The average molecular weight is 250 g/mol. The van der Waals surface area contributed by atoms with E-state index in [-0.39, 0.29) is 5.57 Å². The lowest BCUT2D eigenvalue weighted by Gasteiger charge is -2.04. The maximum atomic E-state index is 11.4. The van der Waals surface area contributed by atoms with E-state index in [0.29, 0.717) is 11.3 Å². The molecule has 5 heteroatoms. The van der Waals surface area contributed by atoms with Crippen LogP contribution in [0, 0.1) is 0 Å². The quantitative estimate of drug-likeness (QED) is 0.350. The van der Waals surface area contributed by atoms with Gasteiger partial charge in [-0.1, -0.05) is 12.1 Å². The SMILES string of the molecule is COC(=O)C(=Cc1ccc(OC)cc1)C(=O)OC. The molecule has 0 aromatic heterocycles. The number of benzene rings is 1. The summed E-state index contributed by atoms with van der Waals surface area (Å²) in [6.45, 7) is 0. The van der Waals surface area contributed by atoms with Crippen molar-refractivity contribution in [1.82, 2.24) is 0 Å². The van der Waals surface area contributed by atoms with Gasteiger partial charge in [0, 0.05) is 0 Å². The molecule has 0 heterocycles. The molecule has 0 saturated carbocycles. The fourth-order valence-corrected chi connectivity index (χ4v) is 1.29. The van der Waals surface area contributed by atoms with Gasteiger partial charge in [0.25, 0.3) is 0 Å². The summed E-state index contributed by atoms with van der Waals surface area (Å²) in [5.41, 5.74) is 0.506. The molecule has 0 atom stereocenters. The Labute approximate surface area is 105 Å². The molecule has 0 amide bonds. The molecule has 1 rings (SSSR count). The van der Waals surface area contributed by atoms with Gasteiger partial charge in [0.05, 0.1) is 21.3 Å². The van der Waals surface area contributed by atoms with Crippen LogP contribution in [0.2, 0.25) is 0 Å². The molecule has 0 spiro atoms. The van der Waals surface area contributed by atoms with Gasteiger partial charge < -0.3 is 14.2 Å². The van der Waals surface area contributed by atoms with Crippen molar-refractivity contribution in [3.63, 3.8) is 0 Å². The van der Waals surface area contributed by atoms with Crippen molar-refractivity contribution in [3.8, 4) is 5.75 Å². The summed E-state index contributed by atoms with van der Waals surface area (Å²) in [5, 5.41) is 0. The summed E-state index contributed by atoms with van der Waals surface area (Å²) in [7, 11) is 3.96. The fourth-order valence-electron chi connectivity index (χ4n) is 1.29. The highest BCUT2D eigenvalue weighted by Crippen LogP contribution is 2.15. The molecule has 96 valence electrons. The van der Waals surface area contributed by atoms with E-state index in [1.54, 1.807) is 31.4 Å². The van der Waals surface area contributed by atoms with Crippen molar-refractivity contribution in [1.29, 1.82) is 0 Å². The molecule has 0 radical (unpaired) electrons. The standard InChI is InChI=1S/C13H14O5/c1-16-10-6-4-9(5-7-10)8-11(12(14)17-2)13(15)18-3/h4-8H,1-3H3. The summed E-state index contributed by atoms with van der Waals surface area (Å²) < 4.78 is 14.0. The lowest BCUT2D eigenvalue weighted by Crippen LogP contribution is -2.15. The number of hydrogen-bond acceptors (Lipinski definition) is 5. The van der Waals surface area contributed by atoms with Crippen LogP contribution in [-0.4, -0.2) is 33.3 Å². The van der Waals surface area contributed by atoms with Crippen LogP contribution in [0.3, 0.4) is 0 Å². The molecule has 1 aromatic carbocycles. The minimum atomic E-state index is -0.738. The molecule has 5 nitrogen and oxygen atoms in total. The summed E-state index contributed by atoms with van der Waals surface area (Å²) in [4.78, 5) is 22.8. The third-order valence-corrected chi connectivity index (χ3v) is 2.24. The van der Waals surface area contributed by atoms with Gasteiger partial charge in [-0.15, -0.1) is 0 Å². The first-order valence-electron chi connectivity index (χ1n) is 5.14. The Morgan fingerprint density at radius 1 is 0.944 bits per heavy atom. The van der Waals surface area contributed by atoms with Gasteiger partial charge in [0.1, 0.15) is 11.3 Å². The minimum Gasteiger partial charge on any atom is -0.497 e. The van der Waals surface area contributed by atoms with Crippen LogP contribution in [0.5, 0.6) is 5.75 Å². The van der Waals surface area contributed by atoms with Crippen LogP contribution < -0.4 is 4.74 Å². The Kier molecular flexibility index (Phi) is 4.92. The molecule has 0 bridgehead atoms. The van der Waals surface area contributed by atoms with Crippen LogP contribution in [0.1, 0.15) is 5.56 Å². The van der Waals surface area contributed by atoms with Crippen LogP contribution in [0.4, 0.5) is 0 Å². The van der Waals surface area contributed by atoms with E-state index in [1.807, 2.05) is 0 Å². The number of hydrogen-bond donors (Lipinski definition) is 0. The second-order valence-corrected chi connectivity index (χ2v) is 3.31. The molecule has 18 heavy (non-hydrogen) atoms. The van der Waals surface area contributed by atoms with Crippen LogP contribution >= 0.6 is 0 Å². The Balaban J connectivity index is 3.06. The zero-order valence-corrected chi connectivity index (χ0v) is 10.4. The monoisotopic (exact) mass is 250 g/mol. The molecule has 0 fully saturated rings. The zero-order valence-electron chi connectivity index (χ0n) is 10.4. The highest BCUT2D eigenvalue weighted by Gasteiger charge is 2.19. The van der Waals surface area contributed by atoms with Crippen molar-refractivity contribution in [2.75, 3.05) is 21.3 Å². The van der Waals surface area contributed by atoms with Crippen LogP contribution in [-0.2, 0) is 19.1 Å². The van der Waals surface area contributed by atoms with E-state index < -0.39 is 11.9 Å². The third kappa shape index (κ3) is 3.35. The van der Waals surface area contributed by atoms with Crippen LogP contribution in [0.15, 0.2) is 29.8 Å². The number of carbonyl (C=O) groups excluding carboxylic acids is 2. The van der Waals surface area contributed by atoms with Crippen molar-refractivity contribution < 1.29 is 23.8 Å². The van der Waals surface area contributed by atoms with E-state index in [0.717, 1.165) is 0 Å². The Morgan fingerprint density at radius 3 is 1.83 bits per heavy atom. The first kappa shape index (κ1) is 13.8. The van der Waals surface area contributed by atoms with E-state index >= 15 is 0 Å². The highest BCUT2D eigenvalue weighted by atomic mass is 16.5. The molecule has 0 unspecified atom stereocenters. The lowest BCUT2D eigenvalue weighted by atomic mass is 10.1. The number of methoxy groups -OCH3 is 3. The second kappa shape index (κ2) is 6.44. The van der Waals surface area contributed by atoms with Gasteiger partial charge in [0.15, 0.2) is 0 Å². The van der Waals surface area contributed by atoms with E-state index in [2.05, 4.69) is 9.47 Å². The Hall–Kier alpha value is -2.30. The van der Waals surface area contributed by atoms with E-state index in [4.69, 9.17) is 4.74 Å². The fraction of sp³-hybridized carbons (Fsp3) is 0.231. The molecule has 0 N–H and O–H groups in total. The van der Waals surface area contributed by atoms with Gasteiger partial charge in [-0.2, -0.15) is 0 Å². The number of carbonyl (C=O) groups is 2. The van der Waals surface area contributed by atoms with Gasteiger partial charge in [-0.25, -0.2) is 9.59 Å². The largest absolute Gasteiger partial charge is 0.497 e. The number of esters is 2. The van der Waals surface area contributed by atoms with Crippen LogP contribution in [0.25, 0.3) is 6.08 Å². The van der Waals surface area contributed by atoms with Crippen molar-refractivity contribution in [3.05, 3.63) is 35.4 Å². The van der Waals surface area contributed by atoms with Gasteiger partial charge in [-0.3, -0.25) is 0 Å². The zero-order chi connectivity index (χ0) is 13.5. The van der Waals surface area contributed by atoms with Gasteiger partial charge in [-0.05, 0) is 23.8 Å². The van der Waals surface area contributed by atoms with Crippen molar-refractivity contribution in [2.24, 2.45) is 0 Å². The first-order valence-corrected chi connectivity index (χ1v) is 5.14. The maximum Gasteiger partial charge on any atom is 0.345 e. The first-order chi connectivity index (χ1) is 8.62. The van der Waals surface area contributed by atoms with E-state index in [9.17, 15) is 9.59 Å². The molecule has 0 aliphatic heterocycles.